The predicted molar refractivity (Wildman–Crippen MR) is 112 cm³/mol. The standard InChI is InChI=1S/C20H22N4O2S2/c1-15-18(27-20(23-15)16-7-3-2-4-8-16)14-22-19-10-9-17(13-21-19)28(25,26)24-11-5-6-12-24/h2-4,7-10,13H,5-6,11-12,14H2,1H3,(H,21,22). The number of aryl methyl sites for hydroxylation is 1. The first-order valence-electron chi connectivity index (χ1n) is 9.26. The molecule has 2 aromatic heterocycles. The summed E-state index contributed by atoms with van der Waals surface area (Å²) in [4.78, 5) is 10.3. The van der Waals surface area contributed by atoms with Crippen molar-refractivity contribution in [3.63, 3.8) is 0 Å². The minimum Gasteiger partial charge on any atom is -0.365 e. The number of hydrogen-bond donors (Lipinski definition) is 1. The second-order valence-electron chi connectivity index (χ2n) is 6.74. The summed E-state index contributed by atoms with van der Waals surface area (Å²) in [6.45, 7) is 3.79. The SMILES string of the molecule is Cc1nc(-c2ccccc2)sc1CNc1ccc(S(=O)(=O)N2CCCC2)cn1. The first-order chi connectivity index (χ1) is 13.5. The third kappa shape index (κ3) is 3.94. The van der Waals surface area contributed by atoms with Crippen LogP contribution in [-0.4, -0.2) is 35.8 Å². The Morgan fingerprint density at radius 2 is 1.86 bits per heavy atom. The predicted octanol–water partition coefficient (Wildman–Crippen LogP) is 3.91. The molecule has 0 atom stereocenters. The zero-order valence-electron chi connectivity index (χ0n) is 15.6. The van der Waals surface area contributed by atoms with Crippen molar-refractivity contribution in [3.05, 3.63) is 59.2 Å². The Morgan fingerprint density at radius 1 is 1.11 bits per heavy atom. The summed E-state index contributed by atoms with van der Waals surface area (Å²) in [6, 6.07) is 13.4. The number of nitrogens with zero attached hydrogens (tertiary/aromatic N) is 3. The molecule has 6 nitrogen and oxygen atoms in total. The number of nitrogens with one attached hydrogen (secondary N) is 1. The van der Waals surface area contributed by atoms with E-state index in [1.54, 1.807) is 23.5 Å². The number of rotatable bonds is 6. The molecule has 0 unspecified atom stereocenters. The van der Waals surface area contributed by atoms with Crippen LogP contribution in [0.2, 0.25) is 0 Å². The highest BCUT2D eigenvalue weighted by molar-refractivity contribution is 7.89. The van der Waals surface area contributed by atoms with Crippen LogP contribution in [0.15, 0.2) is 53.6 Å². The molecule has 1 fully saturated rings. The molecule has 0 saturated carbocycles. The molecule has 146 valence electrons. The molecule has 1 aliphatic rings. The van der Waals surface area contributed by atoms with Crippen molar-refractivity contribution >= 4 is 27.2 Å². The van der Waals surface area contributed by atoms with Gasteiger partial charge in [0.05, 0.1) is 12.2 Å². The van der Waals surface area contributed by atoms with Gasteiger partial charge in [-0.3, -0.25) is 0 Å². The van der Waals surface area contributed by atoms with Crippen LogP contribution in [-0.2, 0) is 16.6 Å². The average Bonchev–Trinajstić information content (AvgIpc) is 3.38. The highest BCUT2D eigenvalue weighted by Crippen LogP contribution is 2.28. The smallest absolute Gasteiger partial charge is 0.244 e. The molecule has 0 amide bonds. The number of thiazole rings is 1. The van der Waals surface area contributed by atoms with E-state index in [-0.39, 0.29) is 4.90 Å². The van der Waals surface area contributed by atoms with Crippen molar-refractivity contribution in [1.29, 1.82) is 0 Å². The molecular formula is C20H22N4O2S2. The lowest BCUT2D eigenvalue weighted by atomic mass is 10.2. The fraction of sp³-hybridized carbons (Fsp3) is 0.300. The molecule has 1 aliphatic heterocycles. The van der Waals surface area contributed by atoms with Crippen molar-refractivity contribution in [2.75, 3.05) is 18.4 Å². The zero-order valence-corrected chi connectivity index (χ0v) is 17.3. The van der Waals surface area contributed by atoms with Crippen LogP contribution in [0.25, 0.3) is 10.6 Å². The van der Waals surface area contributed by atoms with Gasteiger partial charge >= 0.3 is 0 Å². The molecule has 3 heterocycles. The van der Waals surface area contributed by atoms with Crippen LogP contribution in [0, 0.1) is 6.92 Å². The van der Waals surface area contributed by atoms with Gasteiger partial charge in [-0.05, 0) is 31.9 Å². The maximum absolute atomic E-state index is 12.6. The van der Waals surface area contributed by atoms with E-state index in [2.05, 4.69) is 27.4 Å². The van der Waals surface area contributed by atoms with Gasteiger partial charge in [-0.25, -0.2) is 18.4 Å². The van der Waals surface area contributed by atoms with E-state index < -0.39 is 10.0 Å². The van der Waals surface area contributed by atoms with Gasteiger partial charge < -0.3 is 5.32 Å². The largest absolute Gasteiger partial charge is 0.365 e. The highest BCUT2D eigenvalue weighted by atomic mass is 32.2. The average molecular weight is 415 g/mol. The minimum absolute atomic E-state index is 0.250. The quantitative estimate of drug-likeness (QED) is 0.662. The first kappa shape index (κ1) is 19.0. The maximum atomic E-state index is 12.6. The van der Waals surface area contributed by atoms with Crippen LogP contribution in [0.4, 0.5) is 5.82 Å². The van der Waals surface area contributed by atoms with Gasteiger partial charge in [-0.2, -0.15) is 4.31 Å². The van der Waals surface area contributed by atoms with E-state index in [0.717, 1.165) is 34.0 Å². The van der Waals surface area contributed by atoms with E-state index in [9.17, 15) is 8.42 Å². The molecule has 0 aliphatic carbocycles. The van der Waals surface area contributed by atoms with E-state index in [1.807, 2.05) is 25.1 Å². The molecule has 1 saturated heterocycles. The van der Waals surface area contributed by atoms with Gasteiger partial charge in [0, 0.05) is 29.7 Å². The lowest BCUT2D eigenvalue weighted by molar-refractivity contribution is 0.477. The van der Waals surface area contributed by atoms with Gasteiger partial charge in [0.1, 0.15) is 15.7 Å². The van der Waals surface area contributed by atoms with E-state index in [4.69, 9.17) is 0 Å². The normalized spacial score (nSPS) is 15.0. The number of benzene rings is 1. The van der Waals surface area contributed by atoms with Gasteiger partial charge in [0.15, 0.2) is 0 Å². The number of pyridine rings is 1. The number of anilines is 1. The van der Waals surface area contributed by atoms with Crippen LogP contribution in [0.3, 0.4) is 0 Å². The van der Waals surface area contributed by atoms with E-state index in [1.165, 1.54) is 10.5 Å². The molecule has 8 heteroatoms. The molecule has 1 aromatic carbocycles. The Kier molecular flexibility index (Phi) is 5.43. The Balaban J connectivity index is 1.44. The third-order valence-electron chi connectivity index (χ3n) is 4.78. The van der Waals surface area contributed by atoms with Gasteiger partial charge in [0.25, 0.3) is 0 Å². The molecule has 3 aromatic rings. The molecule has 0 spiro atoms. The zero-order chi connectivity index (χ0) is 19.6. The fourth-order valence-electron chi connectivity index (χ4n) is 3.18. The Bertz CT molecular complexity index is 1040. The second-order valence-corrected chi connectivity index (χ2v) is 9.76. The van der Waals surface area contributed by atoms with Crippen molar-refractivity contribution in [2.45, 2.75) is 31.2 Å². The van der Waals surface area contributed by atoms with Crippen LogP contribution in [0.5, 0.6) is 0 Å². The molecule has 1 N–H and O–H groups in total. The Labute approximate surface area is 169 Å². The Hall–Kier alpha value is -2.29. The lowest BCUT2D eigenvalue weighted by Crippen LogP contribution is -2.27. The van der Waals surface area contributed by atoms with Crippen molar-refractivity contribution < 1.29 is 8.42 Å². The van der Waals surface area contributed by atoms with Crippen LogP contribution < -0.4 is 5.32 Å². The molecule has 28 heavy (non-hydrogen) atoms. The van der Waals surface area contributed by atoms with Gasteiger partial charge in [0.2, 0.25) is 10.0 Å². The van der Waals surface area contributed by atoms with Crippen molar-refractivity contribution in [3.8, 4) is 10.6 Å². The third-order valence-corrected chi connectivity index (χ3v) is 7.87. The number of sulfonamides is 1. The number of hydrogen-bond acceptors (Lipinski definition) is 6. The molecule has 4 rings (SSSR count). The van der Waals surface area contributed by atoms with E-state index in [0.29, 0.717) is 25.5 Å². The summed E-state index contributed by atoms with van der Waals surface area (Å²) in [5.74, 6) is 0.648. The summed E-state index contributed by atoms with van der Waals surface area (Å²) in [7, 11) is -3.42. The second kappa shape index (κ2) is 7.98. The van der Waals surface area contributed by atoms with E-state index >= 15 is 0 Å². The van der Waals surface area contributed by atoms with Crippen LogP contribution in [0.1, 0.15) is 23.4 Å². The highest BCUT2D eigenvalue weighted by Gasteiger charge is 2.27. The van der Waals surface area contributed by atoms with Gasteiger partial charge in [-0.1, -0.05) is 30.3 Å². The summed E-state index contributed by atoms with van der Waals surface area (Å²) in [6.07, 6.45) is 3.28. The first-order valence-corrected chi connectivity index (χ1v) is 11.5. The summed E-state index contributed by atoms with van der Waals surface area (Å²) < 4.78 is 26.7. The van der Waals surface area contributed by atoms with Crippen LogP contribution >= 0.6 is 11.3 Å². The van der Waals surface area contributed by atoms with Crippen molar-refractivity contribution in [1.82, 2.24) is 14.3 Å². The summed E-state index contributed by atoms with van der Waals surface area (Å²) >= 11 is 1.65. The number of aromatic nitrogens is 2. The van der Waals surface area contributed by atoms with Crippen molar-refractivity contribution in [2.24, 2.45) is 0 Å². The summed E-state index contributed by atoms with van der Waals surface area (Å²) in [5.41, 5.74) is 2.10. The summed E-state index contributed by atoms with van der Waals surface area (Å²) in [5, 5.41) is 4.26. The topological polar surface area (TPSA) is 75.2 Å². The Morgan fingerprint density at radius 3 is 2.54 bits per heavy atom. The molecule has 0 bridgehead atoms. The fourth-order valence-corrected chi connectivity index (χ4v) is 5.65. The monoisotopic (exact) mass is 414 g/mol. The molecular weight excluding hydrogens is 392 g/mol. The molecule has 0 radical (unpaired) electrons. The van der Waals surface area contributed by atoms with Gasteiger partial charge in [-0.15, -0.1) is 11.3 Å². The maximum Gasteiger partial charge on any atom is 0.244 e. The minimum atomic E-state index is -3.42. The lowest BCUT2D eigenvalue weighted by Gasteiger charge is -2.15.